The van der Waals surface area contributed by atoms with Gasteiger partial charge >= 0.3 is 0 Å². The number of aromatic nitrogens is 3. The van der Waals surface area contributed by atoms with Gasteiger partial charge in [0.15, 0.2) is 5.01 Å². The second-order valence-corrected chi connectivity index (χ2v) is 11.6. The molecule has 5 aromatic rings. The van der Waals surface area contributed by atoms with Gasteiger partial charge in [-0.15, -0.1) is 29.1 Å². The summed E-state index contributed by atoms with van der Waals surface area (Å²) < 4.78 is 2.82. The molecule has 38 heavy (non-hydrogen) atoms. The van der Waals surface area contributed by atoms with Crippen molar-refractivity contribution < 1.29 is 9.90 Å². The Morgan fingerprint density at radius 2 is 1.87 bits per heavy atom. The van der Waals surface area contributed by atoms with E-state index in [9.17, 15) is 9.90 Å². The first-order valence-electron chi connectivity index (χ1n) is 12.0. The van der Waals surface area contributed by atoms with Crippen molar-refractivity contribution in [3.05, 3.63) is 94.0 Å². The summed E-state index contributed by atoms with van der Waals surface area (Å²) in [5.74, 6) is 2.15. The molecule has 2 aromatic carbocycles. The number of benzene rings is 2. The SMILES string of the molecule is C#Cc1nc(C(=O)N(c2ccc(-n3cccn3)cc2)C(c2csc3ccccc23)C(O)NC(C)(C)C)cs1. The molecule has 2 N–H and O–H groups in total. The Kier molecular flexibility index (Phi) is 7.15. The van der Waals surface area contributed by atoms with Gasteiger partial charge in [0.1, 0.15) is 18.0 Å². The van der Waals surface area contributed by atoms with E-state index < -0.39 is 17.8 Å². The van der Waals surface area contributed by atoms with Crippen LogP contribution >= 0.6 is 22.7 Å². The number of aliphatic hydroxyl groups excluding tert-OH is 1. The van der Waals surface area contributed by atoms with Crippen molar-refractivity contribution in [3.8, 4) is 18.0 Å². The summed E-state index contributed by atoms with van der Waals surface area (Å²) >= 11 is 2.82. The summed E-state index contributed by atoms with van der Waals surface area (Å²) in [5, 5.41) is 24.3. The molecule has 0 bridgehead atoms. The molecule has 0 spiro atoms. The van der Waals surface area contributed by atoms with Gasteiger partial charge in [0, 0.05) is 33.7 Å². The molecular formula is C29H27N5O2S2. The molecule has 0 saturated heterocycles. The van der Waals surface area contributed by atoms with E-state index in [0.717, 1.165) is 21.3 Å². The fourth-order valence-electron chi connectivity index (χ4n) is 4.35. The van der Waals surface area contributed by atoms with Crippen LogP contribution in [0.15, 0.2) is 77.8 Å². The Balaban J connectivity index is 1.68. The lowest BCUT2D eigenvalue weighted by molar-refractivity contribution is 0.0695. The maximum Gasteiger partial charge on any atom is 0.278 e. The first kappa shape index (κ1) is 25.8. The maximum absolute atomic E-state index is 14.2. The predicted octanol–water partition coefficient (Wildman–Crippen LogP) is 5.62. The highest BCUT2D eigenvalue weighted by Crippen LogP contribution is 2.38. The molecule has 0 aliphatic rings. The van der Waals surface area contributed by atoms with Crippen LogP contribution in [0.4, 0.5) is 5.69 Å². The molecular weight excluding hydrogens is 514 g/mol. The molecule has 0 radical (unpaired) electrons. The van der Waals surface area contributed by atoms with Crippen molar-refractivity contribution in [2.24, 2.45) is 0 Å². The van der Waals surface area contributed by atoms with E-state index in [4.69, 9.17) is 6.42 Å². The van der Waals surface area contributed by atoms with Crippen molar-refractivity contribution in [1.29, 1.82) is 0 Å². The van der Waals surface area contributed by atoms with Gasteiger partial charge in [0.05, 0.1) is 5.69 Å². The van der Waals surface area contributed by atoms with Crippen molar-refractivity contribution in [2.45, 2.75) is 38.6 Å². The summed E-state index contributed by atoms with van der Waals surface area (Å²) in [7, 11) is 0. The number of carbonyl (C=O) groups is 1. The Bertz CT molecular complexity index is 1590. The number of amides is 1. The van der Waals surface area contributed by atoms with Crippen LogP contribution in [0, 0.1) is 12.3 Å². The monoisotopic (exact) mass is 541 g/mol. The van der Waals surface area contributed by atoms with Gasteiger partial charge in [0.25, 0.3) is 5.91 Å². The maximum atomic E-state index is 14.2. The van der Waals surface area contributed by atoms with Crippen LogP contribution in [0.25, 0.3) is 15.8 Å². The van der Waals surface area contributed by atoms with Gasteiger partial charge < -0.3 is 5.11 Å². The van der Waals surface area contributed by atoms with Gasteiger partial charge in [-0.1, -0.05) is 18.2 Å². The van der Waals surface area contributed by atoms with Crippen LogP contribution in [0.2, 0.25) is 0 Å². The molecule has 1 amide bonds. The van der Waals surface area contributed by atoms with Crippen LogP contribution in [-0.4, -0.2) is 37.5 Å². The zero-order valence-corrected chi connectivity index (χ0v) is 22.8. The summed E-state index contributed by atoms with van der Waals surface area (Å²) in [5.41, 5.74) is 2.11. The number of anilines is 1. The van der Waals surface area contributed by atoms with E-state index in [1.807, 2.05) is 86.9 Å². The Morgan fingerprint density at radius 1 is 1.11 bits per heavy atom. The van der Waals surface area contributed by atoms with Gasteiger partial charge in [-0.3, -0.25) is 15.0 Å². The van der Waals surface area contributed by atoms with Crippen molar-refractivity contribution in [2.75, 3.05) is 4.90 Å². The number of carbonyl (C=O) groups excluding carboxylic acids is 1. The van der Waals surface area contributed by atoms with E-state index in [1.54, 1.807) is 32.5 Å². The molecule has 3 heterocycles. The van der Waals surface area contributed by atoms with Crippen molar-refractivity contribution in [3.63, 3.8) is 0 Å². The highest BCUT2D eigenvalue weighted by atomic mass is 32.1. The molecule has 0 saturated carbocycles. The Morgan fingerprint density at radius 3 is 2.53 bits per heavy atom. The average molecular weight is 542 g/mol. The number of aliphatic hydroxyl groups is 1. The van der Waals surface area contributed by atoms with Crippen LogP contribution in [0.5, 0.6) is 0 Å². The smallest absolute Gasteiger partial charge is 0.278 e. The molecule has 9 heteroatoms. The van der Waals surface area contributed by atoms with Crippen LogP contribution in [0.3, 0.4) is 0 Å². The van der Waals surface area contributed by atoms with Gasteiger partial charge in [-0.2, -0.15) is 5.10 Å². The number of hydrogen-bond donors (Lipinski definition) is 2. The third-order valence-corrected chi connectivity index (χ3v) is 7.71. The van der Waals surface area contributed by atoms with Gasteiger partial charge in [0.2, 0.25) is 0 Å². The summed E-state index contributed by atoms with van der Waals surface area (Å²) in [6.45, 7) is 5.93. The zero-order chi connectivity index (χ0) is 26.9. The van der Waals surface area contributed by atoms with E-state index in [-0.39, 0.29) is 11.6 Å². The summed E-state index contributed by atoms with van der Waals surface area (Å²) in [6, 6.07) is 16.6. The lowest BCUT2D eigenvalue weighted by atomic mass is 9.99. The molecule has 2 unspecified atom stereocenters. The number of nitrogens with zero attached hydrogens (tertiary/aromatic N) is 4. The van der Waals surface area contributed by atoms with E-state index in [0.29, 0.717) is 10.7 Å². The molecule has 3 aromatic heterocycles. The number of thiophene rings is 1. The van der Waals surface area contributed by atoms with Crippen LogP contribution < -0.4 is 10.2 Å². The fourth-order valence-corrected chi connectivity index (χ4v) is 5.94. The van der Waals surface area contributed by atoms with E-state index in [2.05, 4.69) is 21.3 Å². The molecule has 0 aliphatic carbocycles. The first-order valence-corrected chi connectivity index (χ1v) is 13.8. The minimum atomic E-state index is -1.09. The molecule has 5 rings (SSSR count). The number of hydrogen-bond acceptors (Lipinski definition) is 7. The minimum absolute atomic E-state index is 0.228. The number of nitrogens with one attached hydrogen (secondary N) is 1. The lowest BCUT2D eigenvalue weighted by Gasteiger charge is -2.38. The minimum Gasteiger partial charge on any atom is -0.376 e. The third-order valence-electron chi connectivity index (χ3n) is 5.95. The molecule has 2 atom stereocenters. The molecule has 0 aliphatic heterocycles. The topological polar surface area (TPSA) is 83.3 Å². The second-order valence-electron chi connectivity index (χ2n) is 9.80. The predicted molar refractivity (Wildman–Crippen MR) is 154 cm³/mol. The Labute approximate surface area is 229 Å². The van der Waals surface area contributed by atoms with Crippen molar-refractivity contribution >= 4 is 44.4 Å². The highest BCUT2D eigenvalue weighted by Gasteiger charge is 2.37. The molecule has 7 nitrogen and oxygen atoms in total. The normalized spacial score (nSPS) is 13.2. The quantitative estimate of drug-likeness (QED) is 0.206. The highest BCUT2D eigenvalue weighted by molar-refractivity contribution is 7.17. The van der Waals surface area contributed by atoms with Crippen molar-refractivity contribution in [1.82, 2.24) is 20.1 Å². The number of fused-ring (bicyclic) bond motifs is 1. The standard InChI is InChI=1S/C29H27N5O2S2/c1-5-25-31-23(18-38-25)28(36)34(20-13-11-19(12-14-20)33-16-8-15-30-33)26(27(35)32-29(2,3)4)22-17-37-24-10-7-6-9-21(22)24/h1,6-18,26-27,32,35H,2-4H3. The van der Waals surface area contributed by atoms with Crippen LogP contribution in [0.1, 0.15) is 47.9 Å². The van der Waals surface area contributed by atoms with E-state index >= 15 is 0 Å². The van der Waals surface area contributed by atoms with E-state index in [1.165, 1.54) is 11.3 Å². The molecule has 0 fully saturated rings. The first-order chi connectivity index (χ1) is 18.2. The average Bonchev–Trinajstić information content (AvgIpc) is 3.67. The van der Waals surface area contributed by atoms with Crippen LogP contribution in [-0.2, 0) is 0 Å². The lowest BCUT2D eigenvalue weighted by Crippen LogP contribution is -2.52. The molecule has 192 valence electrons. The second kappa shape index (κ2) is 10.5. The Hall–Kier alpha value is -3.81. The van der Waals surface area contributed by atoms with Gasteiger partial charge in [-0.25, -0.2) is 9.67 Å². The number of rotatable bonds is 7. The number of thiazole rings is 1. The number of terminal acetylenes is 1. The fraction of sp³-hybridized carbons (Fsp3) is 0.207. The third kappa shape index (κ3) is 5.26. The summed E-state index contributed by atoms with van der Waals surface area (Å²) in [4.78, 5) is 20.2. The zero-order valence-electron chi connectivity index (χ0n) is 21.2. The largest absolute Gasteiger partial charge is 0.376 e. The summed E-state index contributed by atoms with van der Waals surface area (Å²) in [6.07, 6.45) is 8.02. The van der Waals surface area contributed by atoms with Gasteiger partial charge in [-0.05, 0) is 79.4 Å².